The predicted molar refractivity (Wildman–Crippen MR) is 70.1 cm³/mol. The Morgan fingerprint density at radius 1 is 1.28 bits per heavy atom. The molecule has 0 bridgehead atoms. The van der Waals surface area contributed by atoms with Crippen LogP contribution in [0.2, 0.25) is 0 Å². The summed E-state index contributed by atoms with van der Waals surface area (Å²) in [6, 6.07) is 6.48. The number of hydrogen-bond donors (Lipinski definition) is 1. The van der Waals surface area contributed by atoms with Gasteiger partial charge in [-0.15, -0.1) is 0 Å². The van der Waals surface area contributed by atoms with Gasteiger partial charge in [0.15, 0.2) is 0 Å². The van der Waals surface area contributed by atoms with E-state index in [0.29, 0.717) is 6.54 Å². The predicted octanol–water partition coefficient (Wildman–Crippen LogP) is 2.29. The van der Waals surface area contributed by atoms with E-state index >= 15 is 0 Å². The second kappa shape index (κ2) is 5.44. The largest absolute Gasteiger partial charge is 0.372 e. The average Bonchev–Trinajstić information content (AvgIpc) is 2.39. The molecule has 0 saturated carbocycles. The first kappa shape index (κ1) is 12.3. The maximum absolute atomic E-state index is 13.1. The first-order valence-electron chi connectivity index (χ1n) is 5.64. The third kappa shape index (κ3) is 2.94. The van der Waals surface area contributed by atoms with Crippen LogP contribution in [-0.2, 0) is 6.54 Å². The van der Waals surface area contributed by atoms with Crippen molar-refractivity contribution in [3.05, 3.63) is 48.2 Å². The van der Waals surface area contributed by atoms with Gasteiger partial charge in [-0.2, -0.15) is 0 Å². The molecule has 94 valence electrons. The Hall–Kier alpha value is -2.17. The molecule has 0 spiro atoms. The molecule has 1 aromatic heterocycles. The van der Waals surface area contributed by atoms with Gasteiger partial charge >= 0.3 is 0 Å². The molecule has 18 heavy (non-hydrogen) atoms. The SMILES string of the molecule is CNc1cnc(CN(C)c2cccc(F)c2)cn1. The lowest BCUT2D eigenvalue weighted by atomic mass is 10.3. The smallest absolute Gasteiger partial charge is 0.144 e. The van der Waals surface area contributed by atoms with Crippen LogP contribution in [0.5, 0.6) is 0 Å². The summed E-state index contributed by atoms with van der Waals surface area (Å²) in [7, 11) is 3.69. The van der Waals surface area contributed by atoms with Crippen molar-refractivity contribution in [2.75, 3.05) is 24.3 Å². The Kier molecular flexibility index (Phi) is 3.72. The van der Waals surface area contributed by atoms with E-state index in [1.54, 1.807) is 25.5 Å². The van der Waals surface area contributed by atoms with Crippen LogP contribution in [0.4, 0.5) is 15.9 Å². The van der Waals surface area contributed by atoms with Crippen LogP contribution < -0.4 is 10.2 Å². The van der Waals surface area contributed by atoms with Gasteiger partial charge in [-0.05, 0) is 18.2 Å². The van der Waals surface area contributed by atoms with Gasteiger partial charge in [0.2, 0.25) is 0 Å². The highest BCUT2D eigenvalue weighted by atomic mass is 19.1. The van der Waals surface area contributed by atoms with Gasteiger partial charge in [0.25, 0.3) is 0 Å². The van der Waals surface area contributed by atoms with Crippen LogP contribution >= 0.6 is 0 Å². The number of halogens is 1. The van der Waals surface area contributed by atoms with Crippen molar-refractivity contribution in [2.45, 2.75) is 6.54 Å². The first-order valence-corrected chi connectivity index (χ1v) is 5.64. The molecule has 2 aromatic rings. The van der Waals surface area contributed by atoms with Gasteiger partial charge in [-0.25, -0.2) is 9.37 Å². The topological polar surface area (TPSA) is 41.1 Å². The molecule has 0 atom stereocenters. The quantitative estimate of drug-likeness (QED) is 0.898. The van der Waals surface area contributed by atoms with E-state index in [4.69, 9.17) is 0 Å². The van der Waals surface area contributed by atoms with Gasteiger partial charge in [-0.1, -0.05) is 6.07 Å². The summed E-state index contributed by atoms with van der Waals surface area (Å²) in [5.41, 5.74) is 1.65. The van der Waals surface area contributed by atoms with Crippen molar-refractivity contribution in [2.24, 2.45) is 0 Å². The third-order valence-electron chi connectivity index (χ3n) is 2.61. The van der Waals surface area contributed by atoms with Crippen molar-refractivity contribution >= 4 is 11.5 Å². The Bertz CT molecular complexity index is 513. The van der Waals surface area contributed by atoms with E-state index in [1.165, 1.54) is 12.1 Å². The summed E-state index contributed by atoms with van der Waals surface area (Å²) in [6.07, 6.45) is 3.39. The lowest BCUT2D eigenvalue weighted by Gasteiger charge is -2.18. The minimum atomic E-state index is -0.240. The maximum atomic E-state index is 13.1. The minimum absolute atomic E-state index is 0.240. The number of nitrogens with zero attached hydrogens (tertiary/aromatic N) is 3. The monoisotopic (exact) mass is 246 g/mol. The van der Waals surface area contributed by atoms with Crippen molar-refractivity contribution in [1.82, 2.24) is 9.97 Å². The molecular weight excluding hydrogens is 231 g/mol. The molecule has 0 fully saturated rings. The molecule has 1 N–H and O–H groups in total. The maximum Gasteiger partial charge on any atom is 0.144 e. The van der Waals surface area contributed by atoms with Crippen molar-refractivity contribution in [3.63, 3.8) is 0 Å². The zero-order chi connectivity index (χ0) is 13.0. The number of anilines is 2. The molecule has 2 rings (SSSR count). The number of nitrogens with one attached hydrogen (secondary N) is 1. The van der Waals surface area contributed by atoms with E-state index in [1.807, 2.05) is 18.0 Å². The van der Waals surface area contributed by atoms with Crippen LogP contribution in [0.15, 0.2) is 36.7 Å². The van der Waals surface area contributed by atoms with E-state index in [2.05, 4.69) is 15.3 Å². The molecule has 4 nitrogen and oxygen atoms in total. The fourth-order valence-electron chi connectivity index (χ4n) is 1.61. The molecule has 5 heteroatoms. The fraction of sp³-hybridized carbons (Fsp3) is 0.231. The second-order valence-electron chi connectivity index (χ2n) is 3.98. The van der Waals surface area contributed by atoms with Crippen molar-refractivity contribution in [1.29, 1.82) is 0 Å². The summed E-state index contributed by atoms with van der Waals surface area (Å²) in [5.74, 6) is 0.489. The van der Waals surface area contributed by atoms with Gasteiger partial charge < -0.3 is 10.2 Å². The molecular formula is C13H15FN4. The summed E-state index contributed by atoms with van der Waals surface area (Å²) in [6.45, 7) is 0.584. The molecule has 0 aliphatic carbocycles. The highest BCUT2D eigenvalue weighted by Crippen LogP contribution is 2.15. The fourth-order valence-corrected chi connectivity index (χ4v) is 1.61. The standard InChI is InChI=1S/C13H15FN4/c1-15-13-8-16-11(7-17-13)9-18(2)12-5-3-4-10(14)6-12/h3-8H,9H2,1-2H3,(H,15,17). The molecule has 0 saturated heterocycles. The number of rotatable bonds is 4. The summed E-state index contributed by atoms with van der Waals surface area (Å²) >= 11 is 0. The second-order valence-corrected chi connectivity index (χ2v) is 3.98. The van der Waals surface area contributed by atoms with Gasteiger partial charge in [0, 0.05) is 19.8 Å². The molecule has 0 radical (unpaired) electrons. The van der Waals surface area contributed by atoms with Crippen LogP contribution in [0.25, 0.3) is 0 Å². The molecule has 0 unspecified atom stereocenters. The van der Waals surface area contributed by atoms with Crippen LogP contribution in [0, 0.1) is 5.82 Å². The summed E-state index contributed by atoms with van der Waals surface area (Å²) in [4.78, 5) is 10.4. The Balaban J connectivity index is 2.08. The molecule has 1 aromatic carbocycles. The Morgan fingerprint density at radius 3 is 2.72 bits per heavy atom. The number of benzene rings is 1. The Labute approximate surface area is 105 Å². The zero-order valence-corrected chi connectivity index (χ0v) is 10.4. The lowest BCUT2D eigenvalue weighted by molar-refractivity contribution is 0.627. The number of aromatic nitrogens is 2. The zero-order valence-electron chi connectivity index (χ0n) is 10.4. The molecule has 0 aliphatic heterocycles. The highest BCUT2D eigenvalue weighted by molar-refractivity contribution is 5.45. The average molecular weight is 246 g/mol. The van der Waals surface area contributed by atoms with Crippen molar-refractivity contribution < 1.29 is 4.39 Å². The minimum Gasteiger partial charge on any atom is -0.372 e. The van der Waals surface area contributed by atoms with E-state index < -0.39 is 0 Å². The third-order valence-corrected chi connectivity index (χ3v) is 2.61. The number of hydrogen-bond acceptors (Lipinski definition) is 4. The normalized spacial score (nSPS) is 10.2. The Morgan fingerprint density at radius 2 is 2.11 bits per heavy atom. The lowest BCUT2D eigenvalue weighted by Crippen LogP contribution is -2.17. The first-order chi connectivity index (χ1) is 8.69. The van der Waals surface area contributed by atoms with E-state index in [9.17, 15) is 4.39 Å². The van der Waals surface area contributed by atoms with Gasteiger partial charge in [-0.3, -0.25) is 4.98 Å². The van der Waals surface area contributed by atoms with Gasteiger partial charge in [0.05, 0.1) is 24.6 Å². The molecule has 1 heterocycles. The summed E-state index contributed by atoms with van der Waals surface area (Å²) < 4.78 is 13.1. The van der Waals surface area contributed by atoms with Crippen molar-refractivity contribution in [3.8, 4) is 0 Å². The van der Waals surface area contributed by atoms with E-state index in [0.717, 1.165) is 17.2 Å². The molecule has 0 aliphatic rings. The highest BCUT2D eigenvalue weighted by Gasteiger charge is 2.04. The van der Waals surface area contributed by atoms with Gasteiger partial charge in [0.1, 0.15) is 11.6 Å². The van der Waals surface area contributed by atoms with Crippen LogP contribution in [0.3, 0.4) is 0 Å². The van der Waals surface area contributed by atoms with E-state index in [-0.39, 0.29) is 5.82 Å². The molecule has 0 amide bonds. The van der Waals surface area contributed by atoms with Crippen LogP contribution in [-0.4, -0.2) is 24.1 Å². The summed E-state index contributed by atoms with van der Waals surface area (Å²) in [5, 5.41) is 2.91. The van der Waals surface area contributed by atoms with Crippen LogP contribution in [0.1, 0.15) is 5.69 Å².